The molecule has 670 valence electrons. The zero-order valence-corrected chi connectivity index (χ0v) is 74.7. The third kappa shape index (κ3) is 22.4. The first kappa shape index (κ1) is 90.0. The van der Waals surface area contributed by atoms with Gasteiger partial charge in [-0.05, 0) is 352 Å². The van der Waals surface area contributed by atoms with Crippen LogP contribution in [-0.4, -0.2) is 101 Å². The van der Waals surface area contributed by atoms with Gasteiger partial charge in [-0.15, -0.1) is 0 Å². The van der Waals surface area contributed by atoms with Crippen LogP contribution in [0, 0.1) is 166 Å². The van der Waals surface area contributed by atoms with E-state index in [-0.39, 0.29) is 47.8 Å². The van der Waals surface area contributed by atoms with Gasteiger partial charge in [-0.25, -0.2) is 28.8 Å². The monoisotopic (exact) mass is 1670 g/mol. The van der Waals surface area contributed by atoms with E-state index in [1.165, 1.54) is 160 Å². The normalized spacial score (nSPS) is 36.4. The van der Waals surface area contributed by atoms with Crippen molar-refractivity contribution in [1.82, 2.24) is 0 Å². The van der Waals surface area contributed by atoms with E-state index in [1.54, 1.807) is 19.1 Å². The van der Waals surface area contributed by atoms with Crippen LogP contribution < -0.4 is 0 Å². The van der Waals surface area contributed by atoms with Crippen LogP contribution in [0.4, 0.5) is 0 Å². The number of allylic oxidation sites excluding steroid dienone is 2. The standard InChI is InChI=1S/C105H154O16/c1-6-9-11-13-14-20-28-71-38-37-70(27-19-12-10-7-2)84(33-21-15-17-23-35-99(107)115-61-80-49-76-53-90(80)95-45-68(41-88(76)95)59-118-102(110)72-29-25-31-74(47-72)104(112)120-63-82-51-78-55-92(82)94-43-66(39-86(78)94)57-114-98(106)8-3)85(71)34-22-16-18-24-36-100(108)116-62-81-50-77-54-91(81)96-46-69(42-89(77)96)60-119-103(111)73-30-26-32-75(48-73)105(113)121-64-83-52-79-56-93(83)97-44-67(40-87(79)97)58-117-101(109)65(4)5/h8,29-30,47-48,66-71,76-97H,3-4,6-7,9-28,31-46,49-64H2,1-2,5H3/t66?,67?,68?,69?,70?,71?,76?,77?,78?,79?,80?,81?,82?,83?,84?,85?,86-,87-,88?,89?,90?,91?,92?,93?,94-,95?,96?,97-/m0/s1. The predicted octanol–water partition coefficient (Wildman–Crippen LogP) is 22.2. The molecule has 0 aromatic carbocycles. The van der Waals surface area contributed by atoms with Gasteiger partial charge in [0.1, 0.15) is 0 Å². The Bertz CT molecular complexity index is 3710. The fraction of sp³-hybridized carbons (Fsp3) is 0.810. The number of fused-ring (bicyclic) bond motifs is 20. The third-order valence-corrected chi connectivity index (χ3v) is 35.5. The summed E-state index contributed by atoms with van der Waals surface area (Å²) in [5.41, 5.74) is 2.47. The van der Waals surface area contributed by atoms with Gasteiger partial charge in [0.05, 0.1) is 64.0 Å². The van der Waals surface area contributed by atoms with Crippen LogP contribution >= 0.6 is 0 Å². The number of hydrogen-bond acceptors (Lipinski definition) is 16. The van der Waals surface area contributed by atoms with E-state index in [0.29, 0.717) is 261 Å². The molecule has 13 saturated carbocycles. The second-order valence-electron chi connectivity index (χ2n) is 42.7. The molecule has 15 rings (SSSR count). The number of ether oxygens (including phenoxy) is 8. The lowest BCUT2D eigenvalue weighted by Gasteiger charge is -2.44. The highest BCUT2D eigenvalue weighted by Crippen LogP contribution is 2.66. The fourth-order valence-corrected chi connectivity index (χ4v) is 30.0. The number of carbonyl (C=O) groups is 8. The number of unbranched alkanes of at least 4 members (excludes halogenated alkanes) is 14. The summed E-state index contributed by atoms with van der Waals surface area (Å²) in [4.78, 5) is 105. The van der Waals surface area contributed by atoms with Crippen LogP contribution in [0.5, 0.6) is 0 Å². The lowest BCUT2D eigenvalue weighted by molar-refractivity contribution is -0.147. The molecule has 0 heterocycles. The SMILES string of the molecule is C=CC(=O)OCC1C[C@@H]2C3CC(CC3COC(=O)C3=CC(C(=O)OCC4CC5C6CC(COC(=O)CCCCCCC7C(CCCCCC)CCC(CCCCCCCC)C7CCCCCCC(=O)OCC7CC8CC7C7CC(COC(=O)C9=CCCC(C(=O)OCC%10CC%11CC%10[C@H]%10CC(COC(=O)C(=C)C)C[C@@H]%11%10)=C9)CC87)C(C6)C5C4)=CCC3)[C@@H]2C1. The molecule has 0 spiro atoms. The topological polar surface area (TPSA) is 210 Å². The van der Waals surface area contributed by atoms with Crippen molar-refractivity contribution in [2.75, 3.05) is 52.9 Å². The second kappa shape index (κ2) is 43.1. The molecule has 0 amide bonds. The highest BCUT2D eigenvalue weighted by Gasteiger charge is 2.60. The Morgan fingerprint density at radius 1 is 0.339 bits per heavy atom. The Balaban J connectivity index is 0.437. The summed E-state index contributed by atoms with van der Waals surface area (Å²) in [7, 11) is 0. The Morgan fingerprint density at radius 2 is 0.661 bits per heavy atom. The predicted molar refractivity (Wildman–Crippen MR) is 466 cm³/mol. The summed E-state index contributed by atoms with van der Waals surface area (Å²) in [6.45, 7) is 17.2. The molecular weight excluding hydrogens is 1520 g/mol. The lowest BCUT2D eigenvalue weighted by atomic mass is 9.61. The molecule has 24 unspecified atom stereocenters. The first-order chi connectivity index (χ1) is 58.9. The van der Waals surface area contributed by atoms with Crippen molar-refractivity contribution in [1.29, 1.82) is 0 Å². The van der Waals surface area contributed by atoms with Crippen LogP contribution in [0.1, 0.15) is 316 Å². The first-order valence-electron chi connectivity index (χ1n) is 50.4. The van der Waals surface area contributed by atoms with E-state index in [4.69, 9.17) is 37.9 Å². The average Bonchev–Trinajstić information content (AvgIpc) is 1.61. The molecule has 13 fully saturated rings. The maximum absolute atomic E-state index is 13.6. The molecular formula is C105H154O16. The van der Waals surface area contributed by atoms with Crippen molar-refractivity contribution in [3.63, 3.8) is 0 Å². The van der Waals surface area contributed by atoms with Gasteiger partial charge < -0.3 is 37.9 Å². The highest BCUT2D eigenvalue weighted by molar-refractivity contribution is 5.98. The van der Waals surface area contributed by atoms with Crippen LogP contribution in [0.3, 0.4) is 0 Å². The van der Waals surface area contributed by atoms with E-state index < -0.39 is 0 Å². The van der Waals surface area contributed by atoms with Crippen molar-refractivity contribution >= 4 is 47.8 Å². The Kier molecular flexibility index (Phi) is 32.1. The van der Waals surface area contributed by atoms with E-state index >= 15 is 0 Å². The minimum absolute atomic E-state index is 0.0310. The average molecular weight is 1670 g/mol. The van der Waals surface area contributed by atoms with Crippen LogP contribution in [0.2, 0.25) is 0 Å². The summed E-state index contributed by atoms with van der Waals surface area (Å²) < 4.78 is 47.3. The molecule has 8 bridgehead atoms. The molecule has 0 saturated heterocycles. The van der Waals surface area contributed by atoms with Gasteiger partial charge in [0.2, 0.25) is 0 Å². The van der Waals surface area contributed by atoms with Crippen LogP contribution in [0.15, 0.2) is 71.4 Å². The smallest absolute Gasteiger partial charge is 0.337 e. The minimum atomic E-state index is -0.353. The van der Waals surface area contributed by atoms with E-state index in [1.807, 2.05) is 12.2 Å². The van der Waals surface area contributed by atoms with E-state index in [0.717, 1.165) is 126 Å². The van der Waals surface area contributed by atoms with Crippen LogP contribution in [0.25, 0.3) is 0 Å². The van der Waals surface area contributed by atoms with Gasteiger partial charge in [0, 0.05) is 35.6 Å². The first-order valence-corrected chi connectivity index (χ1v) is 50.4. The molecule has 15 aliphatic rings. The molecule has 0 radical (unpaired) electrons. The van der Waals surface area contributed by atoms with E-state index in [2.05, 4.69) is 27.0 Å². The summed E-state index contributed by atoms with van der Waals surface area (Å²) in [6.07, 6.45) is 60.1. The van der Waals surface area contributed by atoms with Gasteiger partial charge in [-0.2, -0.15) is 0 Å². The molecule has 0 aromatic rings. The maximum atomic E-state index is 13.6. The highest BCUT2D eigenvalue weighted by atomic mass is 16.6. The minimum Gasteiger partial charge on any atom is -0.465 e. The molecule has 0 aliphatic heterocycles. The number of rotatable bonds is 48. The molecule has 15 aliphatic carbocycles. The summed E-state index contributed by atoms with van der Waals surface area (Å²) in [5.74, 6) is 14.1. The summed E-state index contributed by atoms with van der Waals surface area (Å²) >= 11 is 0. The third-order valence-electron chi connectivity index (χ3n) is 35.5. The van der Waals surface area contributed by atoms with Crippen molar-refractivity contribution in [2.24, 2.45) is 166 Å². The number of carbonyl (C=O) groups excluding carboxylic acids is 8. The quantitative estimate of drug-likeness (QED) is 0.0240. The second-order valence-corrected chi connectivity index (χ2v) is 42.7. The van der Waals surface area contributed by atoms with Crippen molar-refractivity contribution < 1.29 is 76.3 Å². The summed E-state index contributed by atoms with van der Waals surface area (Å²) in [5, 5.41) is 0. The Hall–Kier alpha value is -5.80. The molecule has 16 nitrogen and oxygen atoms in total. The molecule has 16 heteroatoms. The van der Waals surface area contributed by atoms with Gasteiger partial charge in [0.15, 0.2) is 0 Å². The number of esters is 8. The zero-order chi connectivity index (χ0) is 84.0. The maximum Gasteiger partial charge on any atom is 0.337 e. The molecule has 121 heavy (non-hydrogen) atoms. The molecule has 28 atom stereocenters. The lowest BCUT2D eigenvalue weighted by Crippen LogP contribution is -2.35. The Labute approximate surface area is 726 Å². The van der Waals surface area contributed by atoms with Gasteiger partial charge in [-0.3, -0.25) is 9.59 Å². The van der Waals surface area contributed by atoms with Crippen molar-refractivity contribution in [3.8, 4) is 0 Å². The van der Waals surface area contributed by atoms with Crippen LogP contribution in [-0.2, 0) is 76.3 Å². The Morgan fingerprint density at radius 3 is 1.04 bits per heavy atom. The van der Waals surface area contributed by atoms with Gasteiger partial charge in [0.25, 0.3) is 0 Å². The summed E-state index contributed by atoms with van der Waals surface area (Å²) in [6, 6.07) is 0. The zero-order valence-electron chi connectivity index (χ0n) is 74.7. The molecule has 0 N–H and O–H groups in total. The van der Waals surface area contributed by atoms with E-state index in [9.17, 15) is 38.4 Å². The van der Waals surface area contributed by atoms with Gasteiger partial charge in [-0.1, -0.05) is 155 Å². The van der Waals surface area contributed by atoms with Gasteiger partial charge >= 0.3 is 47.8 Å². The largest absolute Gasteiger partial charge is 0.465 e. The fourth-order valence-electron chi connectivity index (χ4n) is 30.0. The number of hydrogen-bond donors (Lipinski definition) is 0. The van der Waals surface area contributed by atoms with Crippen molar-refractivity contribution in [2.45, 2.75) is 316 Å². The molecule has 0 aromatic heterocycles. The van der Waals surface area contributed by atoms with Crippen molar-refractivity contribution in [3.05, 3.63) is 71.4 Å².